The van der Waals surface area contributed by atoms with Crippen molar-refractivity contribution in [3.05, 3.63) is 11.0 Å². The molecule has 1 N–H and O–H groups in total. The highest BCUT2D eigenvalue weighted by molar-refractivity contribution is 8.00. The lowest BCUT2D eigenvalue weighted by Crippen LogP contribution is -1.78. The highest BCUT2D eigenvalue weighted by Gasteiger charge is 2.03. The maximum atomic E-state index is 5.05. The fourth-order valence-electron chi connectivity index (χ4n) is 0.834. The SMILES string of the molecule is CSc1nc2c(=S)[nH]cnc2s1. The molecule has 0 atom stereocenters. The van der Waals surface area contributed by atoms with E-state index in [4.69, 9.17) is 12.2 Å². The van der Waals surface area contributed by atoms with Crippen molar-refractivity contribution in [3.63, 3.8) is 0 Å². The number of hydrogen-bond acceptors (Lipinski definition) is 5. The van der Waals surface area contributed by atoms with Crippen LogP contribution in [0, 0.1) is 4.64 Å². The summed E-state index contributed by atoms with van der Waals surface area (Å²) in [5.41, 5.74) is 0.807. The summed E-state index contributed by atoms with van der Waals surface area (Å²) in [7, 11) is 0. The van der Waals surface area contributed by atoms with Crippen molar-refractivity contribution in [1.29, 1.82) is 0 Å². The van der Waals surface area contributed by atoms with Crippen LogP contribution < -0.4 is 0 Å². The van der Waals surface area contributed by atoms with Crippen molar-refractivity contribution >= 4 is 45.7 Å². The van der Waals surface area contributed by atoms with Crippen molar-refractivity contribution in [2.75, 3.05) is 6.26 Å². The molecule has 0 saturated carbocycles. The zero-order valence-electron chi connectivity index (χ0n) is 6.20. The summed E-state index contributed by atoms with van der Waals surface area (Å²) < 4.78 is 1.67. The van der Waals surface area contributed by atoms with Gasteiger partial charge in [0.1, 0.15) is 15.0 Å². The number of thiazole rings is 1. The number of H-pyrrole nitrogens is 1. The van der Waals surface area contributed by atoms with Crippen LogP contribution in [0.4, 0.5) is 0 Å². The highest BCUT2D eigenvalue weighted by atomic mass is 32.2. The molecular formula is C6H5N3S3. The number of nitrogens with one attached hydrogen (secondary N) is 1. The van der Waals surface area contributed by atoms with Crippen LogP contribution in [-0.4, -0.2) is 21.2 Å². The second-order valence-electron chi connectivity index (χ2n) is 2.07. The molecule has 0 bridgehead atoms. The first kappa shape index (κ1) is 8.15. The first-order chi connectivity index (χ1) is 5.81. The Hall–Kier alpha value is -0.460. The van der Waals surface area contributed by atoms with E-state index in [2.05, 4.69) is 15.0 Å². The monoisotopic (exact) mass is 215 g/mol. The molecule has 0 saturated heterocycles. The Morgan fingerprint density at radius 2 is 2.50 bits per heavy atom. The number of hydrogen-bond donors (Lipinski definition) is 1. The third-order valence-corrected chi connectivity index (χ3v) is 3.62. The van der Waals surface area contributed by atoms with Crippen LogP contribution in [-0.2, 0) is 0 Å². The minimum Gasteiger partial charge on any atom is -0.336 e. The van der Waals surface area contributed by atoms with E-state index < -0.39 is 0 Å². The van der Waals surface area contributed by atoms with Crippen LogP contribution in [0.3, 0.4) is 0 Å². The number of aromatic amines is 1. The minimum atomic E-state index is 0.663. The summed E-state index contributed by atoms with van der Waals surface area (Å²) in [6.45, 7) is 0. The van der Waals surface area contributed by atoms with Gasteiger partial charge in [0.2, 0.25) is 0 Å². The Morgan fingerprint density at radius 3 is 3.17 bits per heavy atom. The maximum Gasteiger partial charge on any atom is 0.152 e. The van der Waals surface area contributed by atoms with Crippen molar-refractivity contribution in [1.82, 2.24) is 15.0 Å². The van der Waals surface area contributed by atoms with Gasteiger partial charge in [0.05, 0.1) is 6.33 Å². The van der Waals surface area contributed by atoms with E-state index in [1.165, 1.54) is 0 Å². The summed E-state index contributed by atoms with van der Waals surface area (Å²) in [5.74, 6) is 0. The fraction of sp³-hybridized carbons (Fsp3) is 0.167. The largest absolute Gasteiger partial charge is 0.336 e. The zero-order valence-corrected chi connectivity index (χ0v) is 8.65. The molecule has 3 nitrogen and oxygen atoms in total. The first-order valence-electron chi connectivity index (χ1n) is 3.19. The number of fused-ring (bicyclic) bond motifs is 1. The van der Waals surface area contributed by atoms with Gasteiger partial charge in [0.15, 0.2) is 4.34 Å². The predicted octanol–water partition coefficient (Wildman–Crippen LogP) is 2.47. The van der Waals surface area contributed by atoms with E-state index in [0.29, 0.717) is 4.64 Å². The molecule has 0 fully saturated rings. The Balaban J connectivity index is 2.83. The number of thioether (sulfide) groups is 1. The smallest absolute Gasteiger partial charge is 0.152 e. The number of aromatic nitrogens is 3. The number of rotatable bonds is 1. The van der Waals surface area contributed by atoms with E-state index >= 15 is 0 Å². The van der Waals surface area contributed by atoms with Gasteiger partial charge in [-0.1, -0.05) is 35.3 Å². The second-order valence-corrected chi connectivity index (χ2v) is 4.51. The van der Waals surface area contributed by atoms with Crippen molar-refractivity contribution < 1.29 is 0 Å². The van der Waals surface area contributed by atoms with Crippen molar-refractivity contribution in [3.8, 4) is 0 Å². The molecule has 0 aliphatic rings. The molecule has 0 aliphatic heterocycles. The summed E-state index contributed by atoms with van der Waals surface area (Å²) in [5, 5.41) is 0. The maximum absolute atomic E-state index is 5.05. The normalized spacial score (nSPS) is 10.8. The van der Waals surface area contributed by atoms with E-state index in [9.17, 15) is 0 Å². The van der Waals surface area contributed by atoms with E-state index in [1.807, 2.05) is 6.26 Å². The van der Waals surface area contributed by atoms with Gasteiger partial charge in [0, 0.05) is 0 Å². The lowest BCUT2D eigenvalue weighted by atomic mass is 10.6. The molecule has 2 heterocycles. The fourth-order valence-corrected chi connectivity index (χ4v) is 2.50. The molecule has 6 heteroatoms. The molecular weight excluding hydrogens is 210 g/mol. The number of nitrogens with zero attached hydrogens (tertiary/aromatic N) is 2. The van der Waals surface area contributed by atoms with Crippen molar-refractivity contribution in [2.45, 2.75) is 4.34 Å². The Labute approximate surface area is 82.3 Å². The summed E-state index contributed by atoms with van der Waals surface area (Å²) in [6, 6.07) is 0. The van der Waals surface area contributed by atoms with Gasteiger partial charge in [-0.05, 0) is 6.26 Å². The Bertz CT molecular complexity index is 458. The zero-order chi connectivity index (χ0) is 8.55. The topological polar surface area (TPSA) is 41.6 Å². The minimum absolute atomic E-state index is 0.663. The second kappa shape index (κ2) is 3.12. The van der Waals surface area contributed by atoms with Crippen molar-refractivity contribution in [2.24, 2.45) is 0 Å². The predicted molar refractivity (Wildman–Crippen MR) is 54.4 cm³/mol. The molecule has 12 heavy (non-hydrogen) atoms. The summed E-state index contributed by atoms with van der Waals surface area (Å²) in [4.78, 5) is 12.2. The average Bonchev–Trinajstić information content (AvgIpc) is 2.49. The van der Waals surface area contributed by atoms with E-state index in [1.54, 1.807) is 29.4 Å². The third kappa shape index (κ3) is 1.26. The third-order valence-electron chi connectivity index (χ3n) is 1.36. The van der Waals surface area contributed by atoms with Gasteiger partial charge in [-0.3, -0.25) is 0 Å². The summed E-state index contributed by atoms with van der Waals surface area (Å²) in [6.07, 6.45) is 3.59. The molecule has 0 aromatic carbocycles. The molecule has 0 spiro atoms. The van der Waals surface area contributed by atoms with E-state index in [0.717, 1.165) is 14.7 Å². The molecule has 2 rings (SSSR count). The van der Waals surface area contributed by atoms with Crippen LogP contribution in [0.1, 0.15) is 0 Å². The van der Waals surface area contributed by atoms with Gasteiger partial charge < -0.3 is 4.98 Å². The molecule has 0 amide bonds. The highest BCUT2D eigenvalue weighted by Crippen LogP contribution is 2.25. The summed E-state index contributed by atoms with van der Waals surface area (Å²) >= 11 is 8.23. The first-order valence-corrected chi connectivity index (χ1v) is 5.64. The van der Waals surface area contributed by atoms with Gasteiger partial charge in [-0.15, -0.1) is 0 Å². The van der Waals surface area contributed by atoms with Gasteiger partial charge in [0.25, 0.3) is 0 Å². The Kier molecular flexibility index (Phi) is 2.12. The van der Waals surface area contributed by atoms with Gasteiger partial charge in [-0.25, -0.2) is 9.97 Å². The Morgan fingerprint density at radius 1 is 1.67 bits per heavy atom. The molecule has 2 aromatic heterocycles. The standard InChI is InChI=1S/C6H5N3S3/c1-11-6-9-3-4(10)7-2-8-5(3)12-6/h2H,1H3,(H,7,8,10). The van der Waals surface area contributed by atoms with Crippen LogP contribution in [0.15, 0.2) is 10.7 Å². The quantitative estimate of drug-likeness (QED) is 0.586. The van der Waals surface area contributed by atoms with E-state index in [-0.39, 0.29) is 0 Å². The van der Waals surface area contributed by atoms with Gasteiger partial charge in [-0.2, -0.15) is 0 Å². The lowest BCUT2D eigenvalue weighted by Gasteiger charge is -1.83. The molecule has 2 aromatic rings. The van der Waals surface area contributed by atoms with Gasteiger partial charge >= 0.3 is 0 Å². The molecule has 62 valence electrons. The van der Waals surface area contributed by atoms with Crippen LogP contribution in [0.5, 0.6) is 0 Å². The molecule has 0 aliphatic carbocycles. The lowest BCUT2D eigenvalue weighted by molar-refractivity contribution is 1.19. The molecule has 0 radical (unpaired) electrons. The molecule has 0 unspecified atom stereocenters. The van der Waals surface area contributed by atoms with Crippen LogP contribution >= 0.6 is 35.3 Å². The van der Waals surface area contributed by atoms with Crippen LogP contribution in [0.25, 0.3) is 10.3 Å². The van der Waals surface area contributed by atoms with Crippen LogP contribution in [0.2, 0.25) is 0 Å². The average molecular weight is 215 g/mol.